The normalized spacial score (nSPS) is 14.3. The second-order valence-corrected chi connectivity index (χ2v) is 6.21. The molecule has 2 N–H and O–H groups in total. The van der Waals surface area contributed by atoms with Gasteiger partial charge in [-0.25, -0.2) is 0 Å². The molecular weight excluding hydrogens is 210 g/mol. The van der Waals surface area contributed by atoms with Crippen LogP contribution in [0, 0.1) is 11.8 Å². The van der Waals surface area contributed by atoms with Crippen molar-refractivity contribution < 1.29 is 0 Å². The second-order valence-electron chi connectivity index (χ2n) is 6.21. The molecule has 104 valence electrons. The van der Waals surface area contributed by atoms with Gasteiger partial charge >= 0.3 is 0 Å². The fourth-order valence-electron chi connectivity index (χ4n) is 2.16. The first-order chi connectivity index (χ1) is 7.86. The average Bonchev–Trinajstić information content (AvgIpc) is 2.20. The molecule has 0 saturated heterocycles. The van der Waals surface area contributed by atoms with Crippen molar-refractivity contribution in [3.8, 4) is 0 Å². The SMILES string of the molecule is CC(C)CC(CN)N(CCN(C)C)CC(C)C. The topological polar surface area (TPSA) is 32.5 Å². The van der Waals surface area contributed by atoms with Gasteiger partial charge < -0.3 is 10.6 Å². The van der Waals surface area contributed by atoms with Crippen LogP contribution < -0.4 is 5.73 Å². The quantitative estimate of drug-likeness (QED) is 0.671. The number of hydrogen-bond acceptors (Lipinski definition) is 3. The lowest BCUT2D eigenvalue weighted by molar-refractivity contribution is 0.146. The molecule has 3 heteroatoms. The highest BCUT2D eigenvalue weighted by Gasteiger charge is 2.19. The van der Waals surface area contributed by atoms with Crippen molar-refractivity contribution in [1.82, 2.24) is 9.80 Å². The minimum absolute atomic E-state index is 0.539. The van der Waals surface area contributed by atoms with E-state index in [-0.39, 0.29) is 0 Å². The first-order valence-electron chi connectivity index (χ1n) is 6.95. The van der Waals surface area contributed by atoms with Crippen molar-refractivity contribution in [1.29, 1.82) is 0 Å². The maximum Gasteiger partial charge on any atom is 0.0221 e. The van der Waals surface area contributed by atoms with Gasteiger partial charge in [-0.3, -0.25) is 4.90 Å². The molecule has 0 spiro atoms. The van der Waals surface area contributed by atoms with E-state index >= 15 is 0 Å². The van der Waals surface area contributed by atoms with E-state index in [0.29, 0.717) is 12.0 Å². The van der Waals surface area contributed by atoms with E-state index in [4.69, 9.17) is 5.73 Å². The summed E-state index contributed by atoms with van der Waals surface area (Å²) in [5.41, 5.74) is 5.95. The smallest absolute Gasteiger partial charge is 0.0221 e. The Balaban J connectivity index is 4.38. The van der Waals surface area contributed by atoms with Crippen LogP contribution in [0.15, 0.2) is 0 Å². The highest BCUT2D eigenvalue weighted by Crippen LogP contribution is 2.12. The van der Waals surface area contributed by atoms with Gasteiger partial charge in [-0.15, -0.1) is 0 Å². The second kappa shape index (κ2) is 8.90. The maximum absolute atomic E-state index is 5.95. The Kier molecular flexibility index (Phi) is 8.83. The van der Waals surface area contributed by atoms with Crippen molar-refractivity contribution in [2.24, 2.45) is 17.6 Å². The first kappa shape index (κ1) is 16.9. The van der Waals surface area contributed by atoms with Crippen molar-refractivity contribution >= 4 is 0 Å². The molecule has 0 saturated carbocycles. The Morgan fingerprint density at radius 1 is 0.941 bits per heavy atom. The van der Waals surface area contributed by atoms with Crippen LogP contribution in [0.3, 0.4) is 0 Å². The summed E-state index contributed by atoms with van der Waals surface area (Å²) < 4.78 is 0. The van der Waals surface area contributed by atoms with E-state index < -0.39 is 0 Å². The standard InChI is InChI=1S/C14H33N3/c1-12(2)9-14(10-15)17(11-13(3)4)8-7-16(5)6/h12-14H,7-11,15H2,1-6H3. The number of nitrogens with zero attached hydrogens (tertiary/aromatic N) is 2. The van der Waals surface area contributed by atoms with Crippen LogP contribution >= 0.6 is 0 Å². The summed E-state index contributed by atoms with van der Waals surface area (Å²) in [7, 11) is 4.26. The minimum atomic E-state index is 0.539. The molecule has 0 fully saturated rings. The van der Waals surface area contributed by atoms with Gasteiger partial charge in [-0.05, 0) is 32.4 Å². The molecule has 1 unspecified atom stereocenters. The van der Waals surface area contributed by atoms with Crippen LogP contribution in [0.2, 0.25) is 0 Å². The fraction of sp³-hybridized carbons (Fsp3) is 1.00. The summed E-state index contributed by atoms with van der Waals surface area (Å²) in [6.07, 6.45) is 1.21. The van der Waals surface area contributed by atoms with Crippen LogP contribution in [0.5, 0.6) is 0 Å². The Labute approximate surface area is 108 Å². The van der Waals surface area contributed by atoms with E-state index in [1.165, 1.54) is 6.42 Å². The molecule has 0 aromatic heterocycles. The summed E-state index contributed by atoms with van der Waals surface area (Å²) in [5.74, 6) is 1.43. The molecule has 0 aliphatic rings. The molecule has 1 atom stereocenters. The Bertz CT molecular complexity index is 178. The molecule has 0 aromatic rings. The largest absolute Gasteiger partial charge is 0.329 e. The lowest BCUT2D eigenvalue weighted by Gasteiger charge is -2.34. The first-order valence-corrected chi connectivity index (χ1v) is 6.95. The summed E-state index contributed by atoms with van der Waals surface area (Å²) in [4.78, 5) is 4.82. The Hall–Kier alpha value is -0.120. The lowest BCUT2D eigenvalue weighted by Crippen LogP contribution is -2.46. The molecule has 0 aromatic carbocycles. The number of likely N-dealkylation sites (N-methyl/N-ethyl adjacent to an activating group) is 1. The van der Waals surface area contributed by atoms with Gasteiger partial charge in [0.1, 0.15) is 0 Å². The summed E-state index contributed by atoms with van der Waals surface area (Å²) in [6.45, 7) is 13.3. The summed E-state index contributed by atoms with van der Waals surface area (Å²) in [5, 5.41) is 0. The van der Waals surface area contributed by atoms with Gasteiger partial charge in [0.15, 0.2) is 0 Å². The van der Waals surface area contributed by atoms with Crippen molar-refractivity contribution in [2.45, 2.75) is 40.2 Å². The number of rotatable bonds is 9. The van der Waals surface area contributed by atoms with E-state index in [1.807, 2.05) is 0 Å². The third kappa shape index (κ3) is 8.58. The minimum Gasteiger partial charge on any atom is -0.329 e. The molecular formula is C14H33N3. The average molecular weight is 243 g/mol. The van der Waals surface area contributed by atoms with E-state index in [0.717, 1.165) is 32.1 Å². The van der Waals surface area contributed by atoms with Gasteiger partial charge in [0, 0.05) is 32.2 Å². The van der Waals surface area contributed by atoms with E-state index in [9.17, 15) is 0 Å². The molecule has 0 amide bonds. The predicted octanol–water partition coefficient (Wildman–Crippen LogP) is 1.88. The van der Waals surface area contributed by atoms with Gasteiger partial charge in [0.05, 0.1) is 0 Å². The number of nitrogens with two attached hydrogens (primary N) is 1. The monoisotopic (exact) mass is 243 g/mol. The molecule has 0 bridgehead atoms. The summed E-state index contributed by atoms with van der Waals surface area (Å²) >= 11 is 0. The van der Waals surface area contributed by atoms with Crippen molar-refractivity contribution in [2.75, 3.05) is 40.3 Å². The third-order valence-corrected chi connectivity index (χ3v) is 2.97. The van der Waals surface area contributed by atoms with Crippen LogP contribution in [-0.2, 0) is 0 Å². The zero-order valence-corrected chi connectivity index (χ0v) is 12.7. The Morgan fingerprint density at radius 3 is 1.88 bits per heavy atom. The predicted molar refractivity (Wildman–Crippen MR) is 77.3 cm³/mol. The summed E-state index contributed by atoms with van der Waals surface area (Å²) in [6, 6.07) is 0.539. The van der Waals surface area contributed by atoms with Gasteiger partial charge in [0.2, 0.25) is 0 Å². The van der Waals surface area contributed by atoms with Gasteiger partial charge in [0.25, 0.3) is 0 Å². The fourth-order valence-corrected chi connectivity index (χ4v) is 2.16. The maximum atomic E-state index is 5.95. The Morgan fingerprint density at radius 2 is 1.53 bits per heavy atom. The number of hydrogen-bond donors (Lipinski definition) is 1. The van der Waals surface area contributed by atoms with Gasteiger partial charge in [-0.2, -0.15) is 0 Å². The lowest BCUT2D eigenvalue weighted by atomic mass is 10.0. The van der Waals surface area contributed by atoms with Crippen molar-refractivity contribution in [3.63, 3.8) is 0 Å². The highest BCUT2D eigenvalue weighted by molar-refractivity contribution is 4.75. The van der Waals surface area contributed by atoms with Crippen LogP contribution in [0.4, 0.5) is 0 Å². The molecule has 17 heavy (non-hydrogen) atoms. The van der Waals surface area contributed by atoms with Gasteiger partial charge in [-0.1, -0.05) is 27.7 Å². The van der Waals surface area contributed by atoms with Crippen molar-refractivity contribution in [3.05, 3.63) is 0 Å². The van der Waals surface area contributed by atoms with E-state index in [1.54, 1.807) is 0 Å². The molecule has 0 rings (SSSR count). The molecule has 0 aliphatic carbocycles. The van der Waals surface area contributed by atoms with Crippen LogP contribution in [0.1, 0.15) is 34.1 Å². The van der Waals surface area contributed by atoms with Crippen LogP contribution in [0.25, 0.3) is 0 Å². The highest BCUT2D eigenvalue weighted by atomic mass is 15.2. The van der Waals surface area contributed by atoms with E-state index in [2.05, 4.69) is 51.6 Å². The zero-order chi connectivity index (χ0) is 13.4. The third-order valence-electron chi connectivity index (χ3n) is 2.97. The molecule has 0 heterocycles. The molecule has 3 nitrogen and oxygen atoms in total. The zero-order valence-electron chi connectivity index (χ0n) is 12.7. The van der Waals surface area contributed by atoms with Crippen LogP contribution in [-0.4, -0.2) is 56.1 Å². The molecule has 0 radical (unpaired) electrons. The molecule has 0 aliphatic heterocycles.